The predicted molar refractivity (Wildman–Crippen MR) is 99.0 cm³/mol. The van der Waals surface area contributed by atoms with Crippen molar-refractivity contribution in [2.24, 2.45) is 7.05 Å². The molecule has 0 radical (unpaired) electrons. The van der Waals surface area contributed by atoms with Crippen molar-refractivity contribution in [1.29, 1.82) is 0 Å². The lowest BCUT2D eigenvalue weighted by molar-refractivity contribution is 0.405. The Labute approximate surface area is 158 Å². The minimum Gasteiger partial charge on any atom is -0.274 e. The zero-order chi connectivity index (χ0) is 18.9. The van der Waals surface area contributed by atoms with Crippen molar-refractivity contribution in [2.45, 2.75) is 28.9 Å². The fourth-order valence-electron chi connectivity index (χ4n) is 2.85. The van der Waals surface area contributed by atoms with Crippen LogP contribution in [0.3, 0.4) is 0 Å². The van der Waals surface area contributed by atoms with E-state index in [1.807, 2.05) is 13.0 Å². The summed E-state index contributed by atoms with van der Waals surface area (Å²) in [6.45, 7) is 2.84. The summed E-state index contributed by atoms with van der Waals surface area (Å²) in [6.07, 6.45) is 4.00. The highest BCUT2D eigenvalue weighted by Crippen LogP contribution is 2.26. The lowest BCUT2D eigenvalue weighted by Crippen LogP contribution is -2.37. The van der Waals surface area contributed by atoms with Crippen LogP contribution in [0.4, 0.5) is 0 Å². The molecule has 0 N–H and O–H groups in total. The molecular formula is C15H22N4O4S3. The predicted octanol–water partition coefficient (Wildman–Crippen LogP) is 1.13. The molecule has 1 saturated heterocycles. The van der Waals surface area contributed by atoms with Crippen LogP contribution >= 0.6 is 11.3 Å². The van der Waals surface area contributed by atoms with E-state index in [2.05, 4.69) is 5.10 Å². The van der Waals surface area contributed by atoms with Gasteiger partial charge in [0.05, 0.1) is 6.20 Å². The van der Waals surface area contributed by atoms with E-state index in [0.29, 0.717) is 17.2 Å². The number of thiophene rings is 1. The van der Waals surface area contributed by atoms with Gasteiger partial charge in [-0.3, -0.25) is 4.68 Å². The van der Waals surface area contributed by atoms with Crippen molar-refractivity contribution in [2.75, 3.05) is 26.2 Å². The molecule has 0 amide bonds. The average Bonchev–Trinajstić information content (AvgIpc) is 3.17. The highest BCUT2D eigenvalue weighted by molar-refractivity contribution is 7.91. The van der Waals surface area contributed by atoms with Crippen molar-refractivity contribution < 1.29 is 16.8 Å². The fraction of sp³-hybridized carbons (Fsp3) is 0.533. The highest BCUT2D eigenvalue weighted by Gasteiger charge is 2.32. The minimum atomic E-state index is -3.67. The zero-order valence-corrected chi connectivity index (χ0v) is 17.1. The molecule has 0 aromatic carbocycles. The van der Waals surface area contributed by atoms with Gasteiger partial charge in [0, 0.05) is 44.3 Å². The molecule has 3 heterocycles. The van der Waals surface area contributed by atoms with Crippen LogP contribution in [0.5, 0.6) is 0 Å². The van der Waals surface area contributed by atoms with Crippen LogP contribution in [-0.2, 0) is 33.5 Å². The maximum absolute atomic E-state index is 12.9. The third kappa shape index (κ3) is 3.72. The number of hydrogen-bond acceptors (Lipinski definition) is 6. The molecule has 26 heavy (non-hydrogen) atoms. The molecule has 8 nitrogen and oxygen atoms in total. The van der Waals surface area contributed by atoms with Crippen molar-refractivity contribution >= 4 is 31.4 Å². The lowest BCUT2D eigenvalue weighted by atomic mass is 10.4. The van der Waals surface area contributed by atoms with Crippen LogP contribution in [-0.4, -0.2) is 61.4 Å². The minimum absolute atomic E-state index is 0.127. The number of aromatic nitrogens is 2. The monoisotopic (exact) mass is 418 g/mol. The Balaban J connectivity index is 1.78. The number of hydrogen-bond donors (Lipinski definition) is 0. The summed E-state index contributed by atoms with van der Waals surface area (Å²) in [6, 6.07) is 3.46. The van der Waals surface area contributed by atoms with Gasteiger partial charge in [-0.2, -0.15) is 13.7 Å². The van der Waals surface area contributed by atoms with Gasteiger partial charge in [-0.25, -0.2) is 16.8 Å². The summed E-state index contributed by atoms with van der Waals surface area (Å²) in [7, 11) is -5.60. The fourth-order valence-corrected chi connectivity index (χ4v) is 7.22. The molecule has 2 aromatic rings. The van der Waals surface area contributed by atoms with Gasteiger partial charge in [-0.1, -0.05) is 6.92 Å². The van der Waals surface area contributed by atoms with E-state index in [0.717, 1.165) is 11.3 Å². The smallest absolute Gasteiger partial charge is 0.252 e. The summed E-state index contributed by atoms with van der Waals surface area (Å²) < 4.78 is 55.6. The summed E-state index contributed by atoms with van der Waals surface area (Å²) in [4.78, 5) is 1.14. The first-order chi connectivity index (χ1) is 12.2. The highest BCUT2D eigenvalue weighted by atomic mass is 32.2. The van der Waals surface area contributed by atoms with Crippen molar-refractivity contribution in [1.82, 2.24) is 18.4 Å². The molecular weight excluding hydrogens is 396 g/mol. The van der Waals surface area contributed by atoms with Crippen LogP contribution in [0.25, 0.3) is 0 Å². The van der Waals surface area contributed by atoms with Crippen molar-refractivity contribution in [3.8, 4) is 0 Å². The van der Waals surface area contributed by atoms with E-state index in [-0.39, 0.29) is 24.5 Å². The Morgan fingerprint density at radius 2 is 1.69 bits per heavy atom. The molecule has 0 bridgehead atoms. The summed E-state index contributed by atoms with van der Waals surface area (Å²) in [5, 5.41) is 3.91. The third-order valence-electron chi connectivity index (χ3n) is 4.31. The lowest BCUT2D eigenvalue weighted by Gasteiger charge is -2.20. The van der Waals surface area contributed by atoms with E-state index in [4.69, 9.17) is 0 Å². The molecule has 0 atom stereocenters. The number of aryl methyl sites for hydroxylation is 2. The van der Waals surface area contributed by atoms with Crippen LogP contribution in [0.1, 0.15) is 18.2 Å². The molecule has 0 unspecified atom stereocenters. The number of rotatable bonds is 5. The van der Waals surface area contributed by atoms with Gasteiger partial charge in [-0.05, 0) is 25.0 Å². The van der Waals surface area contributed by atoms with Crippen LogP contribution in [0.15, 0.2) is 33.6 Å². The SMILES string of the molecule is CCc1ccc(S(=O)(=O)N2CCCN(S(=O)(=O)c3cnn(C)c3)CC2)s1. The quantitative estimate of drug-likeness (QED) is 0.726. The maximum atomic E-state index is 12.9. The largest absolute Gasteiger partial charge is 0.274 e. The van der Waals surface area contributed by atoms with Crippen LogP contribution in [0.2, 0.25) is 0 Å². The molecule has 1 aliphatic rings. The molecule has 0 aliphatic carbocycles. The second kappa shape index (κ2) is 7.39. The van der Waals surface area contributed by atoms with Gasteiger partial charge in [0.1, 0.15) is 9.10 Å². The van der Waals surface area contributed by atoms with Gasteiger partial charge >= 0.3 is 0 Å². The molecule has 2 aromatic heterocycles. The van der Waals surface area contributed by atoms with Gasteiger partial charge in [0.15, 0.2) is 0 Å². The standard InChI is InChI=1S/C15H22N4O4S3/c1-3-13-5-6-15(24-13)26(22,23)19-8-4-7-18(9-10-19)25(20,21)14-11-16-17(2)12-14/h5-6,11-12H,3-4,7-10H2,1-2H3. The van der Waals surface area contributed by atoms with E-state index in [1.54, 1.807) is 13.1 Å². The van der Waals surface area contributed by atoms with Crippen molar-refractivity contribution in [3.63, 3.8) is 0 Å². The Morgan fingerprint density at radius 3 is 2.23 bits per heavy atom. The van der Waals surface area contributed by atoms with E-state index in [1.165, 1.54) is 37.0 Å². The second-order valence-corrected chi connectivity index (χ2v) is 11.4. The zero-order valence-electron chi connectivity index (χ0n) is 14.7. The number of sulfonamides is 2. The molecule has 11 heteroatoms. The number of nitrogens with zero attached hydrogens (tertiary/aromatic N) is 4. The second-order valence-electron chi connectivity index (χ2n) is 6.09. The Kier molecular flexibility index (Phi) is 5.54. The molecule has 1 aliphatic heterocycles. The average molecular weight is 419 g/mol. The van der Waals surface area contributed by atoms with E-state index >= 15 is 0 Å². The Bertz CT molecular complexity index is 978. The molecule has 144 valence electrons. The summed E-state index contributed by atoms with van der Waals surface area (Å²) in [5.41, 5.74) is 0. The molecule has 1 fully saturated rings. The van der Waals surface area contributed by atoms with Gasteiger partial charge < -0.3 is 0 Å². The van der Waals surface area contributed by atoms with E-state index < -0.39 is 20.0 Å². The van der Waals surface area contributed by atoms with E-state index in [9.17, 15) is 16.8 Å². The Hall–Kier alpha value is -1.27. The molecule has 0 saturated carbocycles. The van der Waals surface area contributed by atoms with Crippen LogP contribution in [0, 0.1) is 0 Å². The first kappa shape index (κ1) is 19.5. The summed E-state index contributed by atoms with van der Waals surface area (Å²) in [5.74, 6) is 0. The summed E-state index contributed by atoms with van der Waals surface area (Å²) >= 11 is 1.27. The molecule has 0 spiro atoms. The maximum Gasteiger partial charge on any atom is 0.252 e. The van der Waals surface area contributed by atoms with Gasteiger partial charge in [0.25, 0.3) is 10.0 Å². The van der Waals surface area contributed by atoms with Gasteiger partial charge in [-0.15, -0.1) is 11.3 Å². The normalized spacial score (nSPS) is 18.1. The Morgan fingerprint density at radius 1 is 1.04 bits per heavy atom. The third-order valence-corrected chi connectivity index (χ3v) is 9.76. The first-order valence-electron chi connectivity index (χ1n) is 8.33. The topological polar surface area (TPSA) is 92.6 Å². The first-order valence-corrected chi connectivity index (χ1v) is 12.0. The van der Waals surface area contributed by atoms with Crippen molar-refractivity contribution in [3.05, 3.63) is 29.4 Å². The van der Waals surface area contributed by atoms with Gasteiger partial charge in [0.2, 0.25) is 10.0 Å². The van der Waals surface area contributed by atoms with Crippen LogP contribution < -0.4 is 0 Å². The molecule has 3 rings (SSSR count).